The summed E-state index contributed by atoms with van der Waals surface area (Å²) in [6, 6.07) is 10.2. The van der Waals surface area contributed by atoms with E-state index in [2.05, 4.69) is 31.5 Å². The van der Waals surface area contributed by atoms with Gasteiger partial charge in [-0.05, 0) is 75.2 Å². The van der Waals surface area contributed by atoms with Crippen molar-refractivity contribution in [3.8, 4) is 17.1 Å². The molecule has 2 N–H and O–H groups in total. The Kier molecular flexibility index (Phi) is 3.42. The number of halogens is 2. The van der Waals surface area contributed by atoms with Gasteiger partial charge in [0.05, 0.1) is 5.69 Å². The molecular formula is C14H11BrFN5. The van der Waals surface area contributed by atoms with Crippen LogP contribution in [0.1, 0.15) is 5.56 Å². The minimum absolute atomic E-state index is 0.263. The highest BCUT2D eigenvalue weighted by Crippen LogP contribution is 2.27. The van der Waals surface area contributed by atoms with E-state index in [0.29, 0.717) is 22.8 Å². The highest BCUT2D eigenvalue weighted by molar-refractivity contribution is 9.10. The first-order valence-corrected chi connectivity index (χ1v) is 6.96. The lowest BCUT2D eigenvalue weighted by atomic mass is 10.1. The van der Waals surface area contributed by atoms with E-state index in [9.17, 15) is 4.39 Å². The van der Waals surface area contributed by atoms with Gasteiger partial charge in [-0.15, -0.1) is 5.10 Å². The predicted molar refractivity (Wildman–Crippen MR) is 81.4 cm³/mol. The van der Waals surface area contributed by atoms with Crippen LogP contribution in [0.3, 0.4) is 0 Å². The van der Waals surface area contributed by atoms with Crippen molar-refractivity contribution in [1.82, 2.24) is 20.2 Å². The second-order valence-electron chi connectivity index (χ2n) is 4.58. The van der Waals surface area contributed by atoms with E-state index in [1.165, 1.54) is 6.07 Å². The van der Waals surface area contributed by atoms with Gasteiger partial charge in [-0.25, -0.2) is 4.39 Å². The Balaban J connectivity index is 2.12. The summed E-state index contributed by atoms with van der Waals surface area (Å²) >= 11 is 3.35. The zero-order valence-corrected chi connectivity index (χ0v) is 12.7. The van der Waals surface area contributed by atoms with E-state index in [-0.39, 0.29) is 5.82 Å². The molecule has 0 aliphatic carbocycles. The fourth-order valence-electron chi connectivity index (χ4n) is 1.98. The predicted octanol–water partition coefficient (Wildman–Crippen LogP) is 3.12. The molecule has 0 atom stereocenters. The normalized spacial score (nSPS) is 10.8. The number of aromatic nitrogens is 4. The number of hydrogen-bond acceptors (Lipinski definition) is 4. The van der Waals surface area contributed by atoms with Gasteiger partial charge in [-0.3, -0.25) is 0 Å². The van der Waals surface area contributed by atoms with Crippen LogP contribution in [0.25, 0.3) is 17.1 Å². The summed E-state index contributed by atoms with van der Waals surface area (Å²) in [6.45, 7) is 1.69. The number of tetrazole rings is 1. The average molecular weight is 348 g/mol. The largest absolute Gasteiger partial charge is 0.398 e. The Morgan fingerprint density at radius 2 is 2.00 bits per heavy atom. The first-order chi connectivity index (χ1) is 10.1. The van der Waals surface area contributed by atoms with Gasteiger partial charge in [-0.2, -0.15) is 4.68 Å². The number of anilines is 1. The highest BCUT2D eigenvalue weighted by Gasteiger charge is 2.12. The molecule has 0 saturated carbocycles. The van der Waals surface area contributed by atoms with Crippen molar-refractivity contribution >= 4 is 21.6 Å². The van der Waals surface area contributed by atoms with Crippen LogP contribution in [0.15, 0.2) is 40.9 Å². The third-order valence-corrected chi connectivity index (χ3v) is 3.83. The maximum atomic E-state index is 13.4. The summed E-state index contributed by atoms with van der Waals surface area (Å²) in [5.41, 5.74) is 8.48. The van der Waals surface area contributed by atoms with Crippen LogP contribution in [0.4, 0.5) is 10.1 Å². The minimum Gasteiger partial charge on any atom is -0.398 e. The van der Waals surface area contributed by atoms with Crippen LogP contribution in [0.5, 0.6) is 0 Å². The van der Waals surface area contributed by atoms with Crippen LogP contribution >= 0.6 is 15.9 Å². The number of nitrogen functional groups attached to an aromatic ring is 1. The van der Waals surface area contributed by atoms with E-state index in [4.69, 9.17) is 5.73 Å². The molecular weight excluding hydrogens is 337 g/mol. The molecule has 0 radical (unpaired) electrons. The molecule has 0 bridgehead atoms. The van der Waals surface area contributed by atoms with Gasteiger partial charge in [0.2, 0.25) is 0 Å². The summed E-state index contributed by atoms with van der Waals surface area (Å²) in [5, 5.41) is 11.7. The van der Waals surface area contributed by atoms with Crippen LogP contribution in [-0.4, -0.2) is 20.2 Å². The van der Waals surface area contributed by atoms with Gasteiger partial charge in [0.25, 0.3) is 0 Å². The van der Waals surface area contributed by atoms with Gasteiger partial charge in [0.15, 0.2) is 5.82 Å². The molecule has 1 heterocycles. The number of nitrogens with two attached hydrogens (primary N) is 1. The summed E-state index contributed by atoms with van der Waals surface area (Å²) in [5.74, 6) is 0.279. The Bertz CT molecular complexity index is 749. The monoisotopic (exact) mass is 347 g/mol. The van der Waals surface area contributed by atoms with E-state index < -0.39 is 0 Å². The van der Waals surface area contributed by atoms with Crippen molar-refractivity contribution < 1.29 is 4.39 Å². The van der Waals surface area contributed by atoms with Crippen molar-refractivity contribution in [3.05, 3.63) is 52.3 Å². The maximum Gasteiger partial charge on any atom is 0.187 e. The Labute approximate surface area is 128 Å². The standard InChI is InChI=1S/C14H11BrFN5/c1-8-6-10(3-5-12(8)16)21-14(18-19-20-21)9-2-4-11(15)13(17)7-9/h2-7H,17H2,1H3. The van der Waals surface area contributed by atoms with Crippen molar-refractivity contribution in [2.75, 3.05) is 5.73 Å². The van der Waals surface area contributed by atoms with Crippen LogP contribution in [0, 0.1) is 12.7 Å². The second kappa shape index (κ2) is 5.25. The van der Waals surface area contributed by atoms with Crippen LogP contribution < -0.4 is 5.73 Å². The molecule has 21 heavy (non-hydrogen) atoms. The zero-order chi connectivity index (χ0) is 15.0. The van der Waals surface area contributed by atoms with Crippen LogP contribution in [0.2, 0.25) is 0 Å². The van der Waals surface area contributed by atoms with Crippen molar-refractivity contribution in [3.63, 3.8) is 0 Å². The Morgan fingerprint density at radius 1 is 1.19 bits per heavy atom. The third-order valence-electron chi connectivity index (χ3n) is 3.11. The Morgan fingerprint density at radius 3 is 2.71 bits per heavy atom. The first-order valence-electron chi connectivity index (χ1n) is 6.16. The molecule has 3 rings (SSSR count). The quantitative estimate of drug-likeness (QED) is 0.723. The molecule has 0 spiro atoms. The molecule has 0 fully saturated rings. The Hall–Kier alpha value is -2.28. The molecule has 0 amide bonds. The maximum absolute atomic E-state index is 13.4. The van der Waals surface area contributed by atoms with Gasteiger partial charge in [0, 0.05) is 15.7 Å². The summed E-state index contributed by atoms with van der Waals surface area (Å²) < 4.78 is 15.7. The van der Waals surface area contributed by atoms with Crippen molar-refractivity contribution in [1.29, 1.82) is 0 Å². The highest BCUT2D eigenvalue weighted by atomic mass is 79.9. The minimum atomic E-state index is -0.263. The molecule has 0 aliphatic heterocycles. The van der Waals surface area contributed by atoms with Crippen molar-refractivity contribution in [2.45, 2.75) is 6.92 Å². The fraction of sp³-hybridized carbons (Fsp3) is 0.0714. The van der Waals surface area contributed by atoms with E-state index in [0.717, 1.165) is 10.0 Å². The van der Waals surface area contributed by atoms with Gasteiger partial charge < -0.3 is 5.73 Å². The van der Waals surface area contributed by atoms with Crippen molar-refractivity contribution in [2.24, 2.45) is 0 Å². The fourth-order valence-corrected chi connectivity index (χ4v) is 2.23. The smallest absolute Gasteiger partial charge is 0.187 e. The van der Waals surface area contributed by atoms with Gasteiger partial charge >= 0.3 is 0 Å². The van der Waals surface area contributed by atoms with Gasteiger partial charge in [0.1, 0.15) is 5.82 Å². The summed E-state index contributed by atoms with van der Waals surface area (Å²) in [4.78, 5) is 0. The second-order valence-corrected chi connectivity index (χ2v) is 5.44. The number of rotatable bonds is 2. The number of hydrogen-bond donors (Lipinski definition) is 1. The lowest BCUT2D eigenvalue weighted by molar-refractivity contribution is 0.617. The number of aryl methyl sites for hydroxylation is 1. The van der Waals surface area contributed by atoms with Crippen LogP contribution in [-0.2, 0) is 0 Å². The zero-order valence-electron chi connectivity index (χ0n) is 11.1. The molecule has 0 unspecified atom stereocenters. The third kappa shape index (κ3) is 2.52. The average Bonchev–Trinajstić information content (AvgIpc) is 2.94. The topological polar surface area (TPSA) is 69.6 Å². The number of benzene rings is 2. The van der Waals surface area contributed by atoms with E-state index in [1.54, 1.807) is 29.8 Å². The lowest BCUT2D eigenvalue weighted by Gasteiger charge is -2.07. The number of nitrogens with zero attached hydrogens (tertiary/aromatic N) is 4. The van der Waals surface area contributed by atoms with E-state index in [1.807, 2.05) is 12.1 Å². The molecule has 106 valence electrons. The molecule has 0 aliphatic rings. The SMILES string of the molecule is Cc1cc(-n2nnnc2-c2ccc(Br)c(N)c2)ccc1F. The molecule has 5 nitrogen and oxygen atoms in total. The lowest BCUT2D eigenvalue weighted by Crippen LogP contribution is -2.01. The summed E-state index contributed by atoms with van der Waals surface area (Å²) in [6.07, 6.45) is 0. The summed E-state index contributed by atoms with van der Waals surface area (Å²) in [7, 11) is 0. The van der Waals surface area contributed by atoms with Gasteiger partial charge in [-0.1, -0.05) is 0 Å². The molecule has 7 heteroatoms. The molecule has 3 aromatic rings. The van der Waals surface area contributed by atoms with E-state index >= 15 is 0 Å². The molecule has 1 aromatic heterocycles. The molecule has 2 aromatic carbocycles. The molecule has 0 saturated heterocycles. The first kappa shape index (κ1) is 13.7.